The molecule has 1 rings (SSSR count). The van der Waals surface area contributed by atoms with E-state index in [0.717, 1.165) is 19.6 Å². The van der Waals surface area contributed by atoms with Gasteiger partial charge in [-0.2, -0.15) is 0 Å². The van der Waals surface area contributed by atoms with Crippen molar-refractivity contribution in [1.82, 2.24) is 0 Å². The van der Waals surface area contributed by atoms with Crippen LogP contribution in [0.2, 0.25) is 0 Å². The number of ketones is 1. The molecule has 1 heterocycles. The summed E-state index contributed by atoms with van der Waals surface area (Å²) in [5, 5.41) is 0. The third-order valence-electron chi connectivity index (χ3n) is 1.52. The molecule has 1 aliphatic heterocycles. The van der Waals surface area contributed by atoms with E-state index in [1.54, 1.807) is 6.92 Å². The van der Waals surface area contributed by atoms with Crippen LogP contribution in [-0.2, 0) is 9.53 Å². The Labute approximate surface area is 75.3 Å². The van der Waals surface area contributed by atoms with E-state index in [-0.39, 0.29) is 5.78 Å². The van der Waals surface area contributed by atoms with E-state index in [9.17, 15) is 4.79 Å². The van der Waals surface area contributed by atoms with Crippen molar-refractivity contribution >= 4 is 5.78 Å². The summed E-state index contributed by atoms with van der Waals surface area (Å²) in [5.74, 6) is 0.813. The second kappa shape index (κ2) is 7.29. The van der Waals surface area contributed by atoms with Gasteiger partial charge in [-0.25, -0.2) is 0 Å². The Morgan fingerprint density at radius 1 is 1.33 bits per heavy atom. The SMILES string of the molecule is C1CCOC1.CC(=O)CC(C)C. The van der Waals surface area contributed by atoms with Crippen LogP contribution in [0.5, 0.6) is 0 Å². The average molecular weight is 172 g/mol. The van der Waals surface area contributed by atoms with E-state index in [4.69, 9.17) is 4.74 Å². The largest absolute Gasteiger partial charge is 0.381 e. The highest BCUT2D eigenvalue weighted by atomic mass is 16.5. The highest BCUT2D eigenvalue weighted by molar-refractivity contribution is 5.75. The standard InChI is InChI=1S/C6H12O.C4H8O/c1-5(2)4-6(3)7;1-2-4-5-3-1/h5H,4H2,1-3H3;1-4H2. The van der Waals surface area contributed by atoms with E-state index in [0.29, 0.717) is 5.92 Å². The Kier molecular flexibility index (Phi) is 7.06. The molecule has 0 bridgehead atoms. The van der Waals surface area contributed by atoms with Gasteiger partial charge >= 0.3 is 0 Å². The predicted molar refractivity (Wildman–Crippen MR) is 50.2 cm³/mol. The molecule has 0 atom stereocenters. The predicted octanol–water partition coefficient (Wildman–Crippen LogP) is 2.42. The summed E-state index contributed by atoms with van der Waals surface area (Å²) in [7, 11) is 0. The molecule has 2 heteroatoms. The number of carbonyl (C=O) groups excluding carboxylic acids is 1. The van der Waals surface area contributed by atoms with Crippen molar-refractivity contribution in [3.63, 3.8) is 0 Å². The summed E-state index contributed by atoms with van der Waals surface area (Å²) in [5.41, 5.74) is 0. The van der Waals surface area contributed by atoms with Crippen LogP contribution in [0.4, 0.5) is 0 Å². The Morgan fingerprint density at radius 2 is 1.83 bits per heavy atom. The lowest BCUT2D eigenvalue weighted by Gasteiger charge is -1.95. The van der Waals surface area contributed by atoms with E-state index >= 15 is 0 Å². The molecule has 72 valence electrons. The second-order valence-corrected chi connectivity index (χ2v) is 3.62. The molecule has 0 aromatic heterocycles. The van der Waals surface area contributed by atoms with Crippen LogP contribution in [0.3, 0.4) is 0 Å². The minimum absolute atomic E-state index is 0.287. The minimum Gasteiger partial charge on any atom is -0.381 e. The maximum absolute atomic E-state index is 10.3. The zero-order valence-corrected chi connectivity index (χ0v) is 8.43. The van der Waals surface area contributed by atoms with Gasteiger partial charge in [0.15, 0.2) is 0 Å². The van der Waals surface area contributed by atoms with Crippen LogP contribution in [-0.4, -0.2) is 19.0 Å². The lowest BCUT2D eigenvalue weighted by molar-refractivity contribution is -0.117. The number of ether oxygens (including phenoxy) is 1. The Morgan fingerprint density at radius 3 is 1.92 bits per heavy atom. The lowest BCUT2D eigenvalue weighted by Crippen LogP contribution is -1.95. The third-order valence-corrected chi connectivity index (χ3v) is 1.52. The maximum Gasteiger partial charge on any atom is 0.130 e. The molecule has 0 saturated carbocycles. The molecule has 0 radical (unpaired) electrons. The zero-order chi connectivity index (χ0) is 9.40. The number of carbonyl (C=O) groups is 1. The molecule has 1 fully saturated rings. The van der Waals surface area contributed by atoms with Crippen molar-refractivity contribution in [3.05, 3.63) is 0 Å². The first kappa shape index (κ1) is 11.6. The summed E-state index contributed by atoms with van der Waals surface area (Å²) in [4.78, 5) is 10.3. The van der Waals surface area contributed by atoms with Gasteiger partial charge in [0.1, 0.15) is 5.78 Å². The summed E-state index contributed by atoms with van der Waals surface area (Å²) < 4.78 is 4.94. The lowest BCUT2D eigenvalue weighted by atomic mass is 10.1. The Balaban J connectivity index is 0.000000211. The fourth-order valence-corrected chi connectivity index (χ4v) is 1.09. The van der Waals surface area contributed by atoms with Crippen LogP contribution in [0.1, 0.15) is 40.0 Å². The van der Waals surface area contributed by atoms with Crippen molar-refractivity contribution in [2.75, 3.05) is 13.2 Å². The number of hydrogen-bond acceptors (Lipinski definition) is 2. The average Bonchev–Trinajstić information content (AvgIpc) is 2.36. The van der Waals surface area contributed by atoms with Crippen LogP contribution < -0.4 is 0 Å². The maximum atomic E-state index is 10.3. The van der Waals surface area contributed by atoms with Crippen molar-refractivity contribution in [3.8, 4) is 0 Å². The summed E-state index contributed by atoms with van der Waals surface area (Å²) in [6.45, 7) is 7.71. The number of rotatable bonds is 2. The topological polar surface area (TPSA) is 26.3 Å². The van der Waals surface area contributed by atoms with Crippen molar-refractivity contribution < 1.29 is 9.53 Å². The van der Waals surface area contributed by atoms with E-state index in [1.165, 1.54) is 12.8 Å². The minimum atomic E-state index is 0.287. The molecule has 0 N–H and O–H groups in total. The molecule has 0 aromatic carbocycles. The monoisotopic (exact) mass is 172 g/mol. The molecule has 1 saturated heterocycles. The van der Waals surface area contributed by atoms with Gasteiger partial charge in [0.25, 0.3) is 0 Å². The summed E-state index contributed by atoms with van der Waals surface area (Å²) >= 11 is 0. The van der Waals surface area contributed by atoms with E-state index < -0.39 is 0 Å². The van der Waals surface area contributed by atoms with Gasteiger partial charge in [-0.05, 0) is 25.7 Å². The molecule has 0 spiro atoms. The van der Waals surface area contributed by atoms with Gasteiger partial charge in [0.05, 0.1) is 0 Å². The van der Waals surface area contributed by atoms with Crippen LogP contribution in [0.25, 0.3) is 0 Å². The van der Waals surface area contributed by atoms with Gasteiger partial charge in [0, 0.05) is 19.6 Å². The van der Waals surface area contributed by atoms with Crippen LogP contribution >= 0.6 is 0 Å². The van der Waals surface area contributed by atoms with Gasteiger partial charge in [-0.3, -0.25) is 0 Å². The van der Waals surface area contributed by atoms with Crippen LogP contribution in [0, 0.1) is 5.92 Å². The smallest absolute Gasteiger partial charge is 0.130 e. The first-order chi connectivity index (χ1) is 5.63. The second-order valence-electron chi connectivity index (χ2n) is 3.62. The zero-order valence-electron chi connectivity index (χ0n) is 8.43. The third kappa shape index (κ3) is 9.63. The molecular formula is C10H20O2. The first-order valence-electron chi connectivity index (χ1n) is 4.70. The van der Waals surface area contributed by atoms with E-state index in [1.807, 2.05) is 13.8 Å². The van der Waals surface area contributed by atoms with Gasteiger partial charge in [-0.15, -0.1) is 0 Å². The molecule has 2 nitrogen and oxygen atoms in total. The van der Waals surface area contributed by atoms with Gasteiger partial charge < -0.3 is 9.53 Å². The molecule has 0 unspecified atom stereocenters. The molecule has 1 aliphatic rings. The summed E-state index contributed by atoms with van der Waals surface area (Å²) in [6, 6.07) is 0. The van der Waals surface area contributed by atoms with Crippen molar-refractivity contribution in [1.29, 1.82) is 0 Å². The molecule has 0 aromatic rings. The van der Waals surface area contributed by atoms with Crippen LogP contribution in [0.15, 0.2) is 0 Å². The molecule has 0 amide bonds. The quantitative estimate of drug-likeness (QED) is 0.639. The van der Waals surface area contributed by atoms with Crippen molar-refractivity contribution in [2.24, 2.45) is 5.92 Å². The normalized spacial score (nSPS) is 15.7. The molecule has 12 heavy (non-hydrogen) atoms. The Bertz CT molecular complexity index is 107. The fraction of sp³-hybridized carbons (Fsp3) is 0.900. The molecule has 0 aliphatic carbocycles. The number of hydrogen-bond donors (Lipinski definition) is 0. The summed E-state index contributed by atoms with van der Waals surface area (Å²) in [6.07, 6.45) is 3.28. The highest BCUT2D eigenvalue weighted by Crippen LogP contribution is 1.98. The first-order valence-corrected chi connectivity index (χ1v) is 4.70. The van der Waals surface area contributed by atoms with Crippen molar-refractivity contribution in [2.45, 2.75) is 40.0 Å². The Hall–Kier alpha value is -0.370. The highest BCUT2D eigenvalue weighted by Gasteiger charge is 1.95. The van der Waals surface area contributed by atoms with E-state index in [2.05, 4.69) is 0 Å². The van der Waals surface area contributed by atoms with Gasteiger partial charge in [-0.1, -0.05) is 13.8 Å². The fourth-order valence-electron chi connectivity index (χ4n) is 1.09. The number of Topliss-reactive ketones (excluding diaryl/α,β-unsaturated/α-hetero) is 1. The van der Waals surface area contributed by atoms with Gasteiger partial charge in [0.2, 0.25) is 0 Å². The molecular weight excluding hydrogens is 152 g/mol.